The lowest BCUT2D eigenvalue weighted by Crippen LogP contribution is -2.40. The number of aromatic amines is 1. The Morgan fingerprint density at radius 2 is 2.03 bits per heavy atom. The molecular formula is C20H24N6O2S. The predicted octanol–water partition coefficient (Wildman–Crippen LogP) is 2.49. The van der Waals surface area contributed by atoms with E-state index in [1.165, 1.54) is 11.8 Å². The second kappa shape index (κ2) is 8.28. The third kappa shape index (κ3) is 4.45. The first-order chi connectivity index (χ1) is 14.0. The van der Waals surface area contributed by atoms with Crippen LogP contribution in [0.5, 0.6) is 0 Å². The standard InChI is InChI=1S/C20H24N6O2S/c1-12(2)23-17(27)10-22-18(28)11-29-20-25-24-19(26(20)13-7-8-13)15-9-21-16-6-4-3-5-14(15)16/h3-6,9,12-13,21H,7-8,10-11H2,1-2H3,(H,22,28)(H,23,27). The molecule has 0 radical (unpaired) electrons. The van der Waals surface area contributed by atoms with Crippen molar-refractivity contribution in [1.29, 1.82) is 0 Å². The summed E-state index contributed by atoms with van der Waals surface area (Å²) in [4.78, 5) is 27.1. The van der Waals surface area contributed by atoms with E-state index in [1.807, 2.05) is 38.2 Å². The molecule has 1 fully saturated rings. The first-order valence-electron chi connectivity index (χ1n) is 9.73. The normalized spacial score (nSPS) is 13.8. The van der Waals surface area contributed by atoms with Crippen molar-refractivity contribution in [2.75, 3.05) is 12.3 Å². The summed E-state index contributed by atoms with van der Waals surface area (Å²) in [5, 5.41) is 16.0. The third-order valence-corrected chi connectivity index (χ3v) is 5.58. The zero-order chi connectivity index (χ0) is 20.4. The molecule has 0 spiro atoms. The van der Waals surface area contributed by atoms with Crippen LogP contribution in [0.15, 0.2) is 35.6 Å². The van der Waals surface area contributed by atoms with Crippen LogP contribution in [0.1, 0.15) is 32.7 Å². The molecule has 9 heteroatoms. The van der Waals surface area contributed by atoms with E-state index >= 15 is 0 Å². The molecule has 2 heterocycles. The van der Waals surface area contributed by atoms with Gasteiger partial charge < -0.3 is 15.6 Å². The van der Waals surface area contributed by atoms with E-state index < -0.39 is 0 Å². The van der Waals surface area contributed by atoms with Crippen molar-refractivity contribution in [2.24, 2.45) is 0 Å². The summed E-state index contributed by atoms with van der Waals surface area (Å²) < 4.78 is 2.14. The van der Waals surface area contributed by atoms with E-state index in [0.717, 1.165) is 40.3 Å². The average molecular weight is 413 g/mol. The van der Waals surface area contributed by atoms with Crippen LogP contribution in [-0.2, 0) is 9.59 Å². The Morgan fingerprint density at radius 3 is 2.79 bits per heavy atom. The number of nitrogens with zero attached hydrogens (tertiary/aromatic N) is 3. The lowest BCUT2D eigenvalue weighted by atomic mass is 10.1. The van der Waals surface area contributed by atoms with Crippen LogP contribution in [0.25, 0.3) is 22.3 Å². The second-order valence-corrected chi connectivity index (χ2v) is 8.39. The highest BCUT2D eigenvalue weighted by molar-refractivity contribution is 7.99. The molecule has 152 valence electrons. The molecule has 29 heavy (non-hydrogen) atoms. The van der Waals surface area contributed by atoms with E-state index in [4.69, 9.17) is 0 Å². The van der Waals surface area contributed by atoms with E-state index in [2.05, 4.69) is 36.4 Å². The van der Waals surface area contributed by atoms with Gasteiger partial charge in [0.1, 0.15) is 0 Å². The lowest BCUT2D eigenvalue weighted by molar-refractivity contribution is -0.125. The number of hydrogen-bond donors (Lipinski definition) is 3. The number of fused-ring (bicyclic) bond motifs is 1. The van der Waals surface area contributed by atoms with Crippen molar-refractivity contribution < 1.29 is 9.59 Å². The van der Waals surface area contributed by atoms with Crippen molar-refractivity contribution in [1.82, 2.24) is 30.4 Å². The van der Waals surface area contributed by atoms with Gasteiger partial charge in [0.25, 0.3) is 0 Å². The molecule has 0 unspecified atom stereocenters. The number of H-pyrrole nitrogens is 1. The van der Waals surface area contributed by atoms with Gasteiger partial charge in [-0.1, -0.05) is 30.0 Å². The van der Waals surface area contributed by atoms with E-state index in [1.54, 1.807) is 0 Å². The highest BCUT2D eigenvalue weighted by Gasteiger charge is 2.31. The molecule has 3 N–H and O–H groups in total. The van der Waals surface area contributed by atoms with Gasteiger partial charge in [0.2, 0.25) is 11.8 Å². The van der Waals surface area contributed by atoms with Gasteiger partial charge in [-0.3, -0.25) is 14.2 Å². The van der Waals surface area contributed by atoms with Crippen molar-refractivity contribution >= 4 is 34.5 Å². The number of hydrogen-bond acceptors (Lipinski definition) is 5. The summed E-state index contributed by atoms with van der Waals surface area (Å²) in [6, 6.07) is 8.52. The molecule has 1 aliphatic rings. The Labute approximate surface area is 172 Å². The zero-order valence-electron chi connectivity index (χ0n) is 16.4. The van der Waals surface area contributed by atoms with Gasteiger partial charge in [0.05, 0.1) is 12.3 Å². The van der Waals surface area contributed by atoms with Gasteiger partial charge in [-0.15, -0.1) is 10.2 Å². The number of carbonyl (C=O) groups is 2. The van der Waals surface area contributed by atoms with Crippen LogP contribution >= 0.6 is 11.8 Å². The number of amides is 2. The quantitative estimate of drug-likeness (QED) is 0.493. The smallest absolute Gasteiger partial charge is 0.239 e. The monoisotopic (exact) mass is 412 g/mol. The van der Waals surface area contributed by atoms with Gasteiger partial charge in [0.15, 0.2) is 11.0 Å². The summed E-state index contributed by atoms with van der Waals surface area (Å²) in [5.74, 6) is 0.617. The topological polar surface area (TPSA) is 105 Å². The molecule has 0 aliphatic heterocycles. The van der Waals surface area contributed by atoms with Crippen LogP contribution in [0.4, 0.5) is 0 Å². The summed E-state index contributed by atoms with van der Waals surface area (Å²) in [5.41, 5.74) is 2.07. The van der Waals surface area contributed by atoms with Crippen molar-refractivity contribution in [3.63, 3.8) is 0 Å². The number of nitrogens with one attached hydrogen (secondary N) is 3. The van der Waals surface area contributed by atoms with Gasteiger partial charge in [0, 0.05) is 34.7 Å². The first-order valence-corrected chi connectivity index (χ1v) is 10.7. The lowest BCUT2D eigenvalue weighted by Gasteiger charge is -2.10. The number of rotatable bonds is 8. The van der Waals surface area contributed by atoms with Gasteiger partial charge in [-0.2, -0.15) is 0 Å². The van der Waals surface area contributed by atoms with E-state index in [-0.39, 0.29) is 30.2 Å². The summed E-state index contributed by atoms with van der Waals surface area (Å²) in [7, 11) is 0. The molecule has 8 nitrogen and oxygen atoms in total. The summed E-state index contributed by atoms with van der Waals surface area (Å²) in [6.07, 6.45) is 4.13. The summed E-state index contributed by atoms with van der Waals surface area (Å²) in [6.45, 7) is 3.74. The van der Waals surface area contributed by atoms with Crippen molar-refractivity contribution in [3.8, 4) is 11.4 Å². The van der Waals surface area contributed by atoms with Crippen LogP contribution in [0.2, 0.25) is 0 Å². The second-order valence-electron chi connectivity index (χ2n) is 7.44. The first kappa shape index (κ1) is 19.5. The fourth-order valence-electron chi connectivity index (χ4n) is 3.21. The molecule has 1 aromatic carbocycles. The largest absolute Gasteiger partial charge is 0.360 e. The highest BCUT2D eigenvalue weighted by atomic mass is 32.2. The van der Waals surface area contributed by atoms with Gasteiger partial charge in [-0.25, -0.2) is 0 Å². The fourth-order valence-corrected chi connectivity index (χ4v) is 4.05. The molecule has 2 aromatic heterocycles. The minimum absolute atomic E-state index is 0.0204. The SMILES string of the molecule is CC(C)NC(=O)CNC(=O)CSc1nnc(-c2c[nH]c3ccccc23)n1C1CC1. The molecule has 0 saturated heterocycles. The number of aromatic nitrogens is 4. The minimum atomic E-state index is -0.201. The maximum atomic E-state index is 12.1. The maximum absolute atomic E-state index is 12.1. The molecule has 1 saturated carbocycles. The molecule has 0 bridgehead atoms. The number of carbonyl (C=O) groups excluding carboxylic acids is 2. The molecule has 2 amide bonds. The summed E-state index contributed by atoms with van der Waals surface area (Å²) >= 11 is 1.35. The molecule has 1 aliphatic carbocycles. The zero-order valence-corrected chi connectivity index (χ0v) is 17.3. The molecule has 4 rings (SSSR count). The Balaban J connectivity index is 1.45. The van der Waals surface area contributed by atoms with E-state index in [0.29, 0.717) is 6.04 Å². The third-order valence-electron chi connectivity index (χ3n) is 4.63. The Morgan fingerprint density at radius 1 is 1.24 bits per heavy atom. The minimum Gasteiger partial charge on any atom is -0.360 e. The molecular weight excluding hydrogens is 388 g/mol. The van der Waals surface area contributed by atoms with Gasteiger partial charge >= 0.3 is 0 Å². The van der Waals surface area contributed by atoms with Crippen LogP contribution in [0, 0.1) is 0 Å². The number of thioether (sulfide) groups is 1. The number of benzene rings is 1. The molecule has 0 atom stereocenters. The van der Waals surface area contributed by atoms with Gasteiger partial charge in [-0.05, 0) is 32.8 Å². The Kier molecular flexibility index (Phi) is 5.57. The van der Waals surface area contributed by atoms with E-state index in [9.17, 15) is 9.59 Å². The number of para-hydroxylation sites is 1. The Bertz CT molecular complexity index is 1040. The van der Waals surface area contributed by atoms with Crippen molar-refractivity contribution in [3.05, 3.63) is 30.5 Å². The fraction of sp³-hybridized carbons (Fsp3) is 0.400. The Hall–Kier alpha value is -2.81. The van der Waals surface area contributed by atoms with Crippen molar-refractivity contribution in [2.45, 2.75) is 43.9 Å². The molecule has 3 aromatic rings. The highest BCUT2D eigenvalue weighted by Crippen LogP contribution is 2.42. The van der Waals surface area contributed by atoms with Crippen LogP contribution in [-0.4, -0.2) is 49.9 Å². The maximum Gasteiger partial charge on any atom is 0.239 e. The predicted molar refractivity (Wildman–Crippen MR) is 113 cm³/mol. The van der Waals surface area contributed by atoms with Crippen LogP contribution < -0.4 is 10.6 Å². The van der Waals surface area contributed by atoms with Crippen LogP contribution in [0.3, 0.4) is 0 Å². The average Bonchev–Trinajstić information content (AvgIpc) is 3.30.